The third kappa shape index (κ3) is 6.37. The number of amides is 1. The lowest BCUT2D eigenvalue weighted by Crippen LogP contribution is -2.33. The Morgan fingerprint density at radius 3 is 2.53 bits per heavy atom. The standard InChI is InChI=1S/C26H31N5O/c32-26(27-15-8-18-31-16-5-2-6-17-31)23-12-7-11-22(19-23)24-13-14-25(30-29-24)28-20-21-9-3-1-4-10-21/h1,3-4,7,9-14,19H,2,5-6,8,15-18,20H2,(H,27,32)(H,28,30). The van der Waals surface area contributed by atoms with Gasteiger partial charge in [-0.3, -0.25) is 4.79 Å². The van der Waals surface area contributed by atoms with Gasteiger partial charge in [-0.1, -0.05) is 48.9 Å². The number of hydrogen-bond donors (Lipinski definition) is 2. The summed E-state index contributed by atoms with van der Waals surface area (Å²) in [5.74, 6) is 0.680. The van der Waals surface area contributed by atoms with E-state index in [0.29, 0.717) is 18.7 Å². The fourth-order valence-corrected chi connectivity index (χ4v) is 3.98. The largest absolute Gasteiger partial charge is 0.365 e. The molecule has 32 heavy (non-hydrogen) atoms. The van der Waals surface area contributed by atoms with Gasteiger partial charge in [-0.15, -0.1) is 10.2 Å². The molecule has 166 valence electrons. The van der Waals surface area contributed by atoms with Gasteiger partial charge in [0.2, 0.25) is 0 Å². The van der Waals surface area contributed by atoms with Crippen molar-refractivity contribution < 1.29 is 4.79 Å². The van der Waals surface area contributed by atoms with E-state index in [1.54, 1.807) is 0 Å². The van der Waals surface area contributed by atoms with Crippen molar-refractivity contribution in [1.82, 2.24) is 20.4 Å². The number of likely N-dealkylation sites (tertiary alicyclic amines) is 1. The van der Waals surface area contributed by atoms with Crippen LogP contribution in [-0.2, 0) is 6.54 Å². The van der Waals surface area contributed by atoms with E-state index in [1.807, 2.05) is 54.6 Å². The van der Waals surface area contributed by atoms with Crippen LogP contribution in [0.25, 0.3) is 11.3 Å². The summed E-state index contributed by atoms with van der Waals surface area (Å²) in [5, 5.41) is 14.9. The van der Waals surface area contributed by atoms with Gasteiger partial charge in [0, 0.05) is 24.2 Å². The zero-order valence-electron chi connectivity index (χ0n) is 18.5. The molecule has 1 amide bonds. The molecule has 0 aliphatic carbocycles. The van der Waals surface area contributed by atoms with Gasteiger partial charge in [-0.2, -0.15) is 0 Å². The van der Waals surface area contributed by atoms with Gasteiger partial charge in [0.25, 0.3) is 5.91 Å². The molecule has 2 aromatic carbocycles. The minimum atomic E-state index is -0.0420. The molecular weight excluding hydrogens is 398 g/mol. The summed E-state index contributed by atoms with van der Waals surface area (Å²) in [4.78, 5) is 15.1. The number of carbonyl (C=O) groups is 1. The van der Waals surface area contributed by atoms with Gasteiger partial charge in [-0.25, -0.2) is 0 Å². The predicted octanol–water partition coefficient (Wildman–Crippen LogP) is 4.36. The van der Waals surface area contributed by atoms with Crippen molar-refractivity contribution >= 4 is 11.7 Å². The van der Waals surface area contributed by atoms with E-state index >= 15 is 0 Å². The second-order valence-corrected chi connectivity index (χ2v) is 8.24. The molecule has 3 aromatic rings. The maximum atomic E-state index is 12.6. The number of rotatable bonds is 9. The molecule has 2 heterocycles. The molecule has 0 spiro atoms. The van der Waals surface area contributed by atoms with Crippen molar-refractivity contribution in [3.05, 3.63) is 77.9 Å². The van der Waals surface area contributed by atoms with E-state index in [9.17, 15) is 4.79 Å². The first-order valence-corrected chi connectivity index (χ1v) is 11.5. The average Bonchev–Trinajstić information content (AvgIpc) is 2.87. The molecule has 1 aromatic heterocycles. The minimum absolute atomic E-state index is 0.0420. The van der Waals surface area contributed by atoms with Crippen LogP contribution in [0.1, 0.15) is 41.6 Å². The highest BCUT2D eigenvalue weighted by atomic mass is 16.1. The van der Waals surface area contributed by atoms with Crippen molar-refractivity contribution in [3.63, 3.8) is 0 Å². The molecule has 6 nitrogen and oxygen atoms in total. The van der Waals surface area contributed by atoms with E-state index in [1.165, 1.54) is 37.9 Å². The number of hydrogen-bond acceptors (Lipinski definition) is 5. The van der Waals surface area contributed by atoms with Crippen LogP contribution >= 0.6 is 0 Å². The Hall–Kier alpha value is -3.25. The summed E-state index contributed by atoms with van der Waals surface area (Å²) in [6.07, 6.45) is 4.92. The fraction of sp³-hybridized carbons (Fsp3) is 0.346. The topological polar surface area (TPSA) is 70.2 Å². The molecular formula is C26H31N5O. The average molecular weight is 430 g/mol. The number of aromatic nitrogens is 2. The molecule has 1 aliphatic heterocycles. The second-order valence-electron chi connectivity index (χ2n) is 8.24. The number of carbonyl (C=O) groups excluding carboxylic acids is 1. The van der Waals surface area contributed by atoms with Crippen molar-refractivity contribution in [2.75, 3.05) is 31.5 Å². The maximum absolute atomic E-state index is 12.6. The molecule has 2 N–H and O–H groups in total. The number of piperidine rings is 1. The summed E-state index contributed by atoms with van der Waals surface area (Å²) >= 11 is 0. The van der Waals surface area contributed by atoms with Gasteiger partial charge in [0.05, 0.1) is 5.69 Å². The zero-order chi connectivity index (χ0) is 22.0. The second kappa shape index (κ2) is 11.4. The van der Waals surface area contributed by atoms with E-state index in [4.69, 9.17) is 0 Å². The number of benzene rings is 2. The van der Waals surface area contributed by atoms with Crippen LogP contribution in [0, 0.1) is 0 Å². The lowest BCUT2D eigenvalue weighted by molar-refractivity contribution is 0.0951. The molecule has 0 atom stereocenters. The van der Waals surface area contributed by atoms with Crippen LogP contribution in [0.2, 0.25) is 0 Å². The molecule has 6 heteroatoms. The van der Waals surface area contributed by atoms with Gasteiger partial charge in [-0.05, 0) is 68.7 Å². The zero-order valence-corrected chi connectivity index (χ0v) is 18.5. The molecule has 0 bridgehead atoms. The Morgan fingerprint density at radius 2 is 1.75 bits per heavy atom. The Morgan fingerprint density at radius 1 is 0.906 bits per heavy atom. The smallest absolute Gasteiger partial charge is 0.251 e. The lowest BCUT2D eigenvalue weighted by Gasteiger charge is -2.26. The molecule has 1 saturated heterocycles. The SMILES string of the molecule is O=C(NCCCN1CCCCC1)c1cccc(-c2ccc(NCc3ccccc3)nn2)c1. The molecule has 1 fully saturated rings. The van der Waals surface area contributed by atoms with Crippen molar-refractivity contribution in [2.45, 2.75) is 32.2 Å². The summed E-state index contributed by atoms with van der Waals surface area (Å²) in [5.41, 5.74) is 3.46. The monoisotopic (exact) mass is 429 g/mol. The first-order valence-electron chi connectivity index (χ1n) is 11.5. The number of nitrogens with one attached hydrogen (secondary N) is 2. The van der Waals surface area contributed by atoms with Crippen molar-refractivity contribution in [2.24, 2.45) is 0 Å². The molecule has 1 aliphatic rings. The van der Waals surface area contributed by atoms with Crippen LogP contribution in [0.5, 0.6) is 0 Å². The normalized spacial score (nSPS) is 14.1. The highest BCUT2D eigenvalue weighted by Crippen LogP contribution is 2.19. The van der Waals surface area contributed by atoms with Gasteiger partial charge in [0.15, 0.2) is 0 Å². The third-order valence-corrected chi connectivity index (χ3v) is 5.79. The molecule has 0 unspecified atom stereocenters. The highest BCUT2D eigenvalue weighted by molar-refractivity contribution is 5.95. The lowest BCUT2D eigenvalue weighted by atomic mass is 10.1. The third-order valence-electron chi connectivity index (χ3n) is 5.79. The quantitative estimate of drug-likeness (QED) is 0.495. The molecule has 0 saturated carbocycles. The van der Waals surface area contributed by atoms with Crippen LogP contribution < -0.4 is 10.6 Å². The van der Waals surface area contributed by atoms with Crippen LogP contribution in [0.4, 0.5) is 5.82 Å². The summed E-state index contributed by atoms with van der Waals surface area (Å²) in [7, 11) is 0. The van der Waals surface area contributed by atoms with E-state index < -0.39 is 0 Å². The van der Waals surface area contributed by atoms with E-state index in [2.05, 4.69) is 37.9 Å². The van der Waals surface area contributed by atoms with Gasteiger partial charge < -0.3 is 15.5 Å². The summed E-state index contributed by atoms with van der Waals surface area (Å²) < 4.78 is 0. The number of nitrogens with zero attached hydrogens (tertiary/aromatic N) is 3. The maximum Gasteiger partial charge on any atom is 0.251 e. The van der Waals surface area contributed by atoms with Crippen LogP contribution in [0.3, 0.4) is 0 Å². The highest BCUT2D eigenvalue weighted by Gasteiger charge is 2.11. The predicted molar refractivity (Wildman–Crippen MR) is 128 cm³/mol. The fourth-order valence-electron chi connectivity index (χ4n) is 3.98. The van der Waals surface area contributed by atoms with Crippen LogP contribution in [-0.4, -0.2) is 47.2 Å². The Labute approximate surface area is 190 Å². The van der Waals surface area contributed by atoms with Gasteiger partial charge >= 0.3 is 0 Å². The first-order chi connectivity index (χ1) is 15.8. The minimum Gasteiger partial charge on any atom is -0.365 e. The van der Waals surface area contributed by atoms with Crippen LogP contribution in [0.15, 0.2) is 66.7 Å². The summed E-state index contributed by atoms with van der Waals surface area (Å²) in [6.45, 7) is 4.83. The first kappa shape index (κ1) is 22.0. The molecule has 4 rings (SSSR count). The Balaban J connectivity index is 1.28. The Bertz CT molecular complexity index is 985. The van der Waals surface area contributed by atoms with Gasteiger partial charge in [0.1, 0.15) is 5.82 Å². The van der Waals surface area contributed by atoms with Crippen molar-refractivity contribution in [1.29, 1.82) is 0 Å². The van der Waals surface area contributed by atoms with E-state index in [0.717, 1.165) is 30.0 Å². The Kier molecular flexibility index (Phi) is 7.82. The van der Waals surface area contributed by atoms with Crippen molar-refractivity contribution in [3.8, 4) is 11.3 Å². The molecule has 0 radical (unpaired) electrons. The number of anilines is 1. The van der Waals surface area contributed by atoms with E-state index in [-0.39, 0.29) is 5.91 Å². The summed E-state index contributed by atoms with van der Waals surface area (Å²) in [6, 6.07) is 21.6.